The van der Waals surface area contributed by atoms with Crippen LogP contribution in [0.25, 0.3) is 0 Å². The maximum Gasteiger partial charge on any atom is 0.240 e. The molecule has 126 valence electrons. The molecule has 1 heterocycles. The molecular formula is C19H22N2O3. The monoisotopic (exact) mass is 326 g/mol. The van der Waals surface area contributed by atoms with E-state index < -0.39 is 0 Å². The van der Waals surface area contributed by atoms with E-state index in [0.29, 0.717) is 19.8 Å². The van der Waals surface area contributed by atoms with E-state index in [1.165, 1.54) is 0 Å². The Bertz CT molecular complexity index is 652. The number of nitrogens with one attached hydrogen (secondary N) is 2. The van der Waals surface area contributed by atoms with Crippen LogP contribution in [0, 0.1) is 0 Å². The van der Waals surface area contributed by atoms with Crippen molar-refractivity contribution >= 4 is 5.91 Å². The fourth-order valence-corrected chi connectivity index (χ4v) is 2.58. The lowest BCUT2D eigenvalue weighted by Crippen LogP contribution is -2.51. The lowest BCUT2D eigenvalue weighted by molar-refractivity contribution is -0.126. The van der Waals surface area contributed by atoms with E-state index in [-0.39, 0.29) is 18.0 Å². The van der Waals surface area contributed by atoms with Crippen LogP contribution in [0.5, 0.6) is 11.5 Å². The molecule has 3 rings (SSSR count). The summed E-state index contributed by atoms with van der Waals surface area (Å²) in [7, 11) is 0. The highest BCUT2D eigenvalue weighted by Gasteiger charge is 2.22. The Morgan fingerprint density at radius 1 is 1.17 bits per heavy atom. The molecule has 1 saturated heterocycles. The van der Waals surface area contributed by atoms with Gasteiger partial charge in [0.2, 0.25) is 5.91 Å². The number of carbonyl (C=O) groups is 1. The fourth-order valence-electron chi connectivity index (χ4n) is 2.58. The number of ether oxygens (including phenoxy) is 2. The molecule has 0 aliphatic carbocycles. The molecule has 24 heavy (non-hydrogen) atoms. The minimum Gasteiger partial charge on any atom is -0.457 e. The molecule has 2 aromatic rings. The number of para-hydroxylation sites is 1. The average Bonchev–Trinajstić information content (AvgIpc) is 2.64. The second-order valence-electron chi connectivity index (χ2n) is 5.80. The first kappa shape index (κ1) is 16.5. The van der Waals surface area contributed by atoms with Gasteiger partial charge in [-0.3, -0.25) is 4.79 Å². The summed E-state index contributed by atoms with van der Waals surface area (Å²) >= 11 is 0. The van der Waals surface area contributed by atoms with Gasteiger partial charge in [-0.15, -0.1) is 0 Å². The lowest BCUT2D eigenvalue weighted by Gasteiger charge is -2.25. The number of hydrogen-bond donors (Lipinski definition) is 2. The van der Waals surface area contributed by atoms with Gasteiger partial charge in [0.15, 0.2) is 0 Å². The number of morpholine rings is 1. The molecule has 0 spiro atoms. The number of carbonyl (C=O) groups excluding carboxylic acids is 1. The second kappa shape index (κ2) is 7.95. The lowest BCUT2D eigenvalue weighted by atomic mass is 10.1. The summed E-state index contributed by atoms with van der Waals surface area (Å²) in [6.45, 7) is 3.75. The summed E-state index contributed by atoms with van der Waals surface area (Å²) in [6.07, 6.45) is 0. The number of rotatable bonds is 5. The topological polar surface area (TPSA) is 59.6 Å². The van der Waals surface area contributed by atoms with Crippen molar-refractivity contribution in [1.82, 2.24) is 10.6 Å². The highest BCUT2D eigenvalue weighted by molar-refractivity contribution is 5.82. The van der Waals surface area contributed by atoms with Gasteiger partial charge < -0.3 is 20.1 Å². The van der Waals surface area contributed by atoms with Crippen LogP contribution in [0.4, 0.5) is 0 Å². The van der Waals surface area contributed by atoms with E-state index >= 15 is 0 Å². The molecule has 1 aliphatic heterocycles. The summed E-state index contributed by atoms with van der Waals surface area (Å²) in [6, 6.07) is 17.0. The highest BCUT2D eigenvalue weighted by atomic mass is 16.5. The van der Waals surface area contributed by atoms with Crippen molar-refractivity contribution in [2.75, 3.05) is 19.8 Å². The Hall–Kier alpha value is -2.37. The molecular weight excluding hydrogens is 304 g/mol. The third-order valence-electron chi connectivity index (χ3n) is 3.96. The van der Waals surface area contributed by atoms with Gasteiger partial charge in [0.25, 0.3) is 0 Å². The average molecular weight is 326 g/mol. The normalized spacial score (nSPS) is 18.6. The Morgan fingerprint density at radius 2 is 1.88 bits per heavy atom. The van der Waals surface area contributed by atoms with Crippen LogP contribution in [-0.4, -0.2) is 31.7 Å². The van der Waals surface area contributed by atoms with E-state index in [4.69, 9.17) is 9.47 Å². The van der Waals surface area contributed by atoms with Gasteiger partial charge in [-0.2, -0.15) is 0 Å². The highest BCUT2D eigenvalue weighted by Crippen LogP contribution is 2.23. The Morgan fingerprint density at radius 3 is 2.54 bits per heavy atom. The third kappa shape index (κ3) is 4.34. The molecule has 1 fully saturated rings. The van der Waals surface area contributed by atoms with Crippen LogP contribution in [-0.2, 0) is 9.53 Å². The maximum atomic E-state index is 12.2. The number of amides is 1. The molecule has 1 amide bonds. The molecule has 2 aromatic carbocycles. The molecule has 2 N–H and O–H groups in total. The van der Waals surface area contributed by atoms with E-state index in [9.17, 15) is 4.79 Å². The van der Waals surface area contributed by atoms with Gasteiger partial charge in [-0.05, 0) is 36.8 Å². The Labute approximate surface area is 142 Å². The molecule has 0 aromatic heterocycles. The largest absolute Gasteiger partial charge is 0.457 e. The summed E-state index contributed by atoms with van der Waals surface area (Å²) in [4.78, 5) is 12.2. The molecule has 5 heteroatoms. The van der Waals surface area contributed by atoms with Crippen LogP contribution in [0.3, 0.4) is 0 Å². The predicted molar refractivity (Wildman–Crippen MR) is 92.1 cm³/mol. The van der Waals surface area contributed by atoms with Crippen molar-refractivity contribution < 1.29 is 14.3 Å². The first-order valence-corrected chi connectivity index (χ1v) is 8.17. The zero-order chi connectivity index (χ0) is 16.8. The molecule has 0 radical (unpaired) electrons. The fraction of sp³-hybridized carbons (Fsp3) is 0.316. The summed E-state index contributed by atoms with van der Waals surface area (Å²) in [5, 5.41) is 6.17. The van der Waals surface area contributed by atoms with Crippen molar-refractivity contribution in [3.8, 4) is 11.5 Å². The smallest absolute Gasteiger partial charge is 0.240 e. The minimum absolute atomic E-state index is 0.0354. The maximum absolute atomic E-state index is 12.2. The van der Waals surface area contributed by atoms with Gasteiger partial charge >= 0.3 is 0 Å². The number of hydrogen-bond acceptors (Lipinski definition) is 4. The molecule has 5 nitrogen and oxygen atoms in total. The zero-order valence-electron chi connectivity index (χ0n) is 13.7. The van der Waals surface area contributed by atoms with E-state index in [0.717, 1.165) is 17.1 Å². The number of benzene rings is 2. The first-order valence-electron chi connectivity index (χ1n) is 8.17. The van der Waals surface area contributed by atoms with E-state index in [1.807, 2.05) is 61.5 Å². The van der Waals surface area contributed by atoms with Gasteiger partial charge in [0, 0.05) is 6.54 Å². The molecule has 1 aliphatic rings. The molecule has 0 bridgehead atoms. The van der Waals surface area contributed by atoms with Gasteiger partial charge in [-0.25, -0.2) is 0 Å². The van der Waals surface area contributed by atoms with Gasteiger partial charge in [0.05, 0.1) is 19.3 Å². The summed E-state index contributed by atoms with van der Waals surface area (Å²) in [5.41, 5.74) is 1.03. The SMILES string of the molecule is CC(NC(=O)C1COCCN1)c1ccc(Oc2ccccc2)cc1. The molecule has 2 atom stereocenters. The van der Waals surface area contributed by atoms with Crippen LogP contribution in [0.1, 0.15) is 18.5 Å². The summed E-state index contributed by atoms with van der Waals surface area (Å²) in [5.74, 6) is 1.53. The standard InChI is InChI=1S/C19H22N2O3/c1-14(21-19(22)18-13-23-12-11-20-18)15-7-9-17(10-8-15)24-16-5-3-2-4-6-16/h2-10,14,18,20H,11-13H2,1H3,(H,21,22). The van der Waals surface area contributed by atoms with Crippen molar-refractivity contribution in [2.24, 2.45) is 0 Å². The predicted octanol–water partition coefficient (Wildman–Crippen LogP) is 2.64. The van der Waals surface area contributed by atoms with Crippen LogP contribution >= 0.6 is 0 Å². The Kier molecular flexibility index (Phi) is 5.46. The van der Waals surface area contributed by atoms with Crippen molar-refractivity contribution in [1.29, 1.82) is 0 Å². The van der Waals surface area contributed by atoms with Crippen molar-refractivity contribution in [3.05, 3.63) is 60.2 Å². The van der Waals surface area contributed by atoms with Crippen LogP contribution in [0.15, 0.2) is 54.6 Å². The van der Waals surface area contributed by atoms with E-state index in [2.05, 4.69) is 10.6 Å². The quantitative estimate of drug-likeness (QED) is 0.887. The second-order valence-corrected chi connectivity index (χ2v) is 5.80. The van der Waals surface area contributed by atoms with Gasteiger partial charge in [0.1, 0.15) is 17.5 Å². The van der Waals surface area contributed by atoms with Crippen LogP contribution < -0.4 is 15.4 Å². The minimum atomic E-state index is -0.276. The van der Waals surface area contributed by atoms with Crippen LogP contribution in [0.2, 0.25) is 0 Å². The zero-order valence-corrected chi connectivity index (χ0v) is 13.7. The van der Waals surface area contributed by atoms with Crippen molar-refractivity contribution in [3.63, 3.8) is 0 Å². The third-order valence-corrected chi connectivity index (χ3v) is 3.96. The van der Waals surface area contributed by atoms with Crippen molar-refractivity contribution in [2.45, 2.75) is 19.0 Å². The summed E-state index contributed by atoms with van der Waals surface area (Å²) < 4.78 is 11.1. The molecule has 0 saturated carbocycles. The first-order chi connectivity index (χ1) is 11.7. The van der Waals surface area contributed by atoms with E-state index in [1.54, 1.807) is 0 Å². The molecule has 2 unspecified atom stereocenters. The Balaban J connectivity index is 1.57. The van der Waals surface area contributed by atoms with Gasteiger partial charge in [-0.1, -0.05) is 30.3 Å².